The molecule has 0 aliphatic carbocycles. The predicted octanol–water partition coefficient (Wildman–Crippen LogP) is 0.924. The number of amides is 1. The average molecular weight is 236 g/mol. The van der Waals surface area contributed by atoms with Gasteiger partial charge in [0.2, 0.25) is 5.91 Å². The fourth-order valence-electron chi connectivity index (χ4n) is 1.68. The minimum atomic E-state index is -0.0766. The van der Waals surface area contributed by atoms with Gasteiger partial charge in [0.1, 0.15) is 13.2 Å². The summed E-state index contributed by atoms with van der Waals surface area (Å²) in [6.45, 7) is 3.32. The van der Waals surface area contributed by atoms with Crippen LogP contribution in [0, 0.1) is 6.92 Å². The van der Waals surface area contributed by atoms with E-state index >= 15 is 0 Å². The number of benzene rings is 1. The quantitative estimate of drug-likeness (QED) is 0.819. The molecule has 1 aromatic rings. The van der Waals surface area contributed by atoms with Crippen molar-refractivity contribution < 1.29 is 14.3 Å². The summed E-state index contributed by atoms with van der Waals surface area (Å²) in [7, 11) is 1.73. The molecule has 1 aromatic carbocycles. The van der Waals surface area contributed by atoms with E-state index < -0.39 is 0 Å². The zero-order valence-electron chi connectivity index (χ0n) is 10.0. The fourth-order valence-corrected chi connectivity index (χ4v) is 1.68. The third-order valence-electron chi connectivity index (χ3n) is 2.50. The van der Waals surface area contributed by atoms with Gasteiger partial charge in [0, 0.05) is 11.8 Å². The highest BCUT2D eigenvalue weighted by Crippen LogP contribution is 2.35. The van der Waals surface area contributed by atoms with E-state index in [2.05, 4.69) is 10.6 Å². The molecule has 0 spiro atoms. The summed E-state index contributed by atoms with van der Waals surface area (Å²) in [5.74, 6) is 1.34. The van der Waals surface area contributed by atoms with Crippen LogP contribution in [0.4, 0.5) is 5.69 Å². The fraction of sp³-hybridized carbons (Fsp3) is 0.417. The van der Waals surface area contributed by atoms with Crippen LogP contribution >= 0.6 is 0 Å². The van der Waals surface area contributed by atoms with Crippen molar-refractivity contribution in [1.29, 1.82) is 0 Å². The van der Waals surface area contributed by atoms with Crippen molar-refractivity contribution in [2.45, 2.75) is 6.92 Å². The summed E-state index contributed by atoms with van der Waals surface area (Å²) < 4.78 is 10.9. The van der Waals surface area contributed by atoms with Crippen LogP contribution in [0.2, 0.25) is 0 Å². The Kier molecular flexibility index (Phi) is 3.49. The lowest BCUT2D eigenvalue weighted by atomic mass is 10.1. The number of fused-ring (bicyclic) bond motifs is 1. The van der Waals surface area contributed by atoms with Crippen LogP contribution in [0.1, 0.15) is 5.56 Å². The molecule has 0 fully saturated rings. The first-order chi connectivity index (χ1) is 8.20. The first-order valence-corrected chi connectivity index (χ1v) is 5.55. The number of aryl methyl sites for hydroxylation is 1. The molecule has 0 saturated heterocycles. The molecule has 0 atom stereocenters. The van der Waals surface area contributed by atoms with Gasteiger partial charge in [-0.15, -0.1) is 0 Å². The van der Waals surface area contributed by atoms with Crippen LogP contribution in [0.25, 0.3) is 0 Å². The van der Waals surface area contributed by atoms with Gasteiger partial charge in [0.25, 0.3) is 0 Å². The highest BCUT2D eigenvalue weighted by molar-refractivity contribution is 5.93. The number of likely N-dealkylation sites (N-methyl/N-ethyl adjacent to an activating group) is 1. The summed E-state index contributed by atoms with van der Waals surface area (Å²) in [5, 5.41) is 5.63. The van der Waals surface area contributed by atoms with E-state index in [0.717, 1.165) is 17.0 Å². The Labute approximate surface area is 100 Å². The molecule has 5 heteroatoms. The van der Waals surface area contributed by atoms with Crippen molar-refractivity contribution in [3.63, 3.8) is 0 Å². The first-order valence-electron chi connectivity index (χ1n) is 5.55. The van der Waals surface area contributed by atoms with E-state index in [-0.39, 0.29) is 12.5 Å². The molecule has 0 unspecified atom stereocenters. The molecule has 0 bridgehead atoms. The molecule has 5 nitrogen and oxygen atoms in total. The molecule has 0 saturated carbocycles. The van der Waals surface area contributed by atoms with Gasteiger partial charge in [-0.3, -0.25) is 4.79 Å². The number of carbonyl (C=O) groups excluding carboxylic acids is 1. The van der Waals surface area contributed by atoms with Gasteiger partial charge in [-0.05, 0) is 25.6 Å². The summed E-state index contributed by atoms with van der Waals surface area (Å²) >= 11 is 0. The molecular formula is C12H16N2O3. The second-order valence-electron chi connectivity index (χ2n) is 3.89. The normalized spacial score (nSPS) is 13.3. The second-order valence-corrected chi connectivity index (χ2v) is 3.89. The average Bonchev–Trinajstić information content (AvgIpc) is 2.30. The zero-order chi connectivity index (χ0) is 12.3. The predicted molar refractivity (Wildman–Crippen MR) is 64.7 cm³/mol. The molecule has 92 valence electrons. The highest BCUT2D eigenvalue weighted by atomic mass is 16.6. The van der Waals surface area contributed by atoms with Crippen LogP contribution in [-0.4, -0.2) is 32.7 Å². The third-order valence-corrected chi connectivity index (χ3v) is 2.50. The largest absolute Gasteiger partial charge is 0.486 e. The number of rotatable bonds is 3. The van der Waals surface area contributed by atoms with Crippen molar-refractivity contribution in [2.24, 2.45) is 0 Å². The number of nitrogens with one attached hydrogen (secondary N) is 2. The Bertz CT molecular complexity index is 432. The van der Waals surface area contributed by atoms with E-state index in [0.29, 0.717) is 19.0 Å². The van der Waals surface area contributed by atoms with Gasteiger partial charge >= 0.3 is 0 Å². The maximum Gasteiger partial charge on any atom is 0.238 e. The molecule has 0 radical (unpaired) electrons. The molecule has 1 aliphatic heterocycles. The smallest absolute Gasteiger partial charge is 0.238 e. The Morgan fingerprint density at radius 3 is 2.59 bits per heavy atom. The van der Waals surface area contributed by atoms with E-state index in [1.807, 2.05) is 13.0 Å². The number of hydrogen-bond acceptors (Lipinski definition) is 4. The lowest BCUT2D eigenvalue weighted by molar-refractivity contribution is -0.115. The molecule has 1 aliphatic rings. The van der Waals surface area contributed by atoms with E-state index in [1.54, 1.807) is 13.1 Å². The summed E-state index contributed by atoms with van der Waals surface area (Å²) in [5.41, 5.74) is 1.72. The lowest BCUT2D eigenvalue weighted by Gasteiger charge is -2.20. The van der Waals surface area contributed by atoms with Crippen LogP contribution in [-0.2, 0) is 4.79 Å². The van der Waals surface area contributed by atoms with Crippen LogP contribution in [0.5, 0.6) is 11.5 Å². The van der Waals surface area contributed by atoms with Crippen molar-refractivity contribution >= 4 is 11.6 Å². The number of carbonyl (C=O) groups is 1. The molecule has 1 heterocycles. The second kappa shape index (κ2) is 5.05. The Hall–Kier alpha value is -1.75. The number of ether oxygens (including phenoxy) is 2. The molecule has 2 N–H and O–H groups in total. The van der Waals surface area contributed by atoms with Gasteiger partial charge in [0.15, 0.2) is 11.5 Å². The number of hydrogen-bond donors (Lipinski definition) is 2. The Balaban J connectivity index is 2.19. The monoisotopic (exact) mass is 236 g/mol. The van der Waals surface area contributed by atoms with E-state index in [4.69, 9.17) is 9.47 Å². The van der Waals surface area contributed by atoms with Gasteiger partial charge in [-0.2, -0.15) is 0 Å². The highest BCUT2D eigenvalue weighted by Gasteiger charge is 2.15. The van der Waals surface area contributed by atoms with Crippen molar-refractivity contribution in [1.82, 2.24) is 5.32 Å². The summed E-state index contributed by atoms with van der Waals surface area (Å²) in [6, 6.07) is 3.68. The maximum atomic E-state index is 11.5. The standard InChI is InChI=1S/C12H16N2O3/c1-8-5-10-11(17-4-3-16-10)6-9(8)14-12(15)7-13-2/h5-6,13H,3-4,7H2,1-2H3,(H,14,15). The van der Waals surface area contributed by atoms with Crippen LogP contribution in [0.3, 0.4) is 0 Å². The van der Waals surface area contributed by atoms with Gasteiger partial charge in [-0.25, -0.2) is 0 Å². The summed E-state index contributed by atoms with van der Waals surface area (Å²) in [6.07, 6.45) is 0. The zero-order valence-corrected chi connectivity index (χ0v) is 10.0. The molecule has 17 heavy (non-hydrogen) atoms. The molecule has 1 amide bonds. The van der Waals surface area contributed by atoms with Crippen LogP contribution < -0.4 is 20.1 Å². The maximum absolute atomic E-state index is 11.5. The number of anilines is 1. The Morgan fingerprint density at radius 1 is 1.29 bits per heavy atom. The topological polar surface area (TPSA) is 59.6 Å². The molecular weight excluding hydrogens is 220 g/mol. The van der Waals surface area contributed by atoms with Gasteiger partial charge in [0.05, 0.1) is 6.54 Å². The SMILES string of the molecule is CNCC(=O)Nc1cc2c(cc1C)OCCO2. The molecule has 0 aromatic heterocycles. The lowest BCUT2D eigenvalue weighted by Crippen LogP contribution is -2.25. The van der Waals surface area contributed by atoms with Crippen LogP contribution in [0.15, 0.2) is 12.1 Å². The third kappa shape index (κ3) is 2.68. The van der Waals surface area contributed by atoms with Crippen molar-refractivity contribution in [3.8, 4) is 11.5 Å². The van der Waals surface area contributed by atoms with Gasteiger partial charge in [-0.1, -0.05) is 0 Å². The first kappa shape index (κ1) is 11.7. The minimum Gasteiger partial charge on any atom is -0.486 e. The van der Waals surface area contributed by atoms with Gasteiger partial charge < -0.3 is 20.1 Å². The molecule has 2 rings (SSSR count). The Morgan fingerprint density at radius 2 is 1.94 bits per heavy atom. The van der Waals surface area contributed by atoms with Crippen molar-refractivity contribution in [2.75, 3.05) is 32.1 Å². The van der Waals surface area contributed by atoms with Crippen molar-refractivity contribution in [3.05, 3.63) is 17.7 Å². The van der Waals surface area contributed by atoms with E-state index in [9.17, 15) is 4.79 Å². The van der Waals surface area contributed by atoms with E-state index in [1.165, 1.54) is 0 Å². The summed E-state index contributed by atoms with van der Waals surface area (Å²) in [4.78, 5) is 11.5. The minimum absolute atomic E-state index is 0.0766.